The van der Waals surface area contributed by atoms with E-state index >= 15 is 0 Å². The third kappa shape index (κ3) is 9.36. The fraction of sp³-hybridized carbons (Fsp3) is 0.133. The fourth-order valence-electron chi connectivity index (χ4n) is 16.1. The quantitative estimate of drug-likeness (QED) is 0.148. The number of nitrogens with zero attached hydrogens (tertiary/aromatic N) is 3. The summed E-state index contributed by atoms with van der Waals surface area (Å²) in [5, 5.41) is 2.45. The van der Waals surface area contributed by atoms with Gasteiger partial charge in [0, 0.05) is 71.3 Å². The predicted molar refractivity (Wildman–Crippen MR) is 414 cm³/mol. The van der Waals surface area contributed by atoms with Crippen molar-refractivity contribution in [3.63, 3.8) is 0 Å². The lowest BCUT2D eigenvalue weighted by atomic mass is 9.30. The van der Waals surface area contributed by atoms with E-state index < -0.39 is 0 Å². The van der Waals surface area contributed by atoms with E-state index in [0.717, 1.165) is 79.0 Å². The van der Waals surface area contributed by atoms with Crippen molar-refractivity contribution in [2.75, 3.05) is 9.80 Å². The maximum Gasteiger partial charge on any atom is 0.256 e. The van der Waals surface area contributed by atoms with Gasteiger partial charge in [0.2, 0.25) is 0 Å². The van der Waals surface area contributed by atoms with E-state index in [1.54, 1.807) is 0 Å². The van der Waals surface area contributed by atoms with Gasteiger partial charge in [0.25, 0.3) is 13.4 Å². The van der Waals surface area contributed by atoms with Gasteiger partial charge in [-0.25, -0.2) is 0 Å². The Balaban J connectivity index is 1.06. The third-order valence-electron chi connectivity index (χ3n) is 20.9. The van der Waals surface area contributed by atoms with Gasteiger partial charge in [-0.2, -0.15) is 0 Å². The first-order valence-corrected chi connectivity index (χ1v) is 35.1. The van der Waals surface area contributed by atoms with E-state index in [0.29, 0.717) is 0 Å². The zero-order valence-corrected chi connectivity index (χ0v) is 57.2. The molecule has 97 heavy (non-hydrogen) atoms. The highest BCUT2D eigenvalue weighted by Crippen LogP contribution is 2.57. The van der Waals surface area contributed by atoms with Crippen LogP contribution in [-0.2, 0) is 16.2 Å². The minimum Gasteiger partial charge on any atom is -0.459 e. The van der Waals surface area contributed by atoms with E-state index in [-0.39, 0.29) is 29.7 Å². The van der Waals surface area contributed by atoms with Crippen molar-refractivity contribution in [1.29, 1.82) is 0 Å². The summed E-state index contributed by atoms with van der Waals surface area (Å²) in [6, 6.07) is 106. The number of aromatic nitrogens is 1. The van der Waals surface area contributed by atoms with Gasteiger partial charge in [0.05, 0.1) is 22.4 Å². The Morgan fingerprint density at radius 2 is 0.732 bits per heavy atom. The molecule has 1 aromatic heterocycles. The SMILES string of the molecule is CC(C)(C)c1cc(-c2ccccc2)c(N2c3cc(-n4c5ccccc5c5ccccc54)ccc3B3c4c2cc(C(C)(C)C)cc4N(c2c(-c4ccccc4)cc(C(C)(C)C)cc2-c2ccccc2)c2cc4c5c(c23)Oc2ccccc2B5c2ccccc2S4)c(-c2ccccc2)c1. The lowest BCUT2D eigenvalue weighted by Crippen LogP contribution is -2.65. The first-order chi connectivity index (χ1) is 47.0. The number of ether oxygens (including phenoxy) is 1. The standard InChI is InChI=1S/C90H73B2N3OS/c1-88(2,3)60-48-66(56-30-14-10-15-31-56)85(67(49-60)57-32-16-11-17-33-57)94-75-54-63(93-73-42-26-22-38-64(73)65-39-23-27-43-74(65)93)46-47-70(75)92-82-76(94)52-62(90(7,8)9)53-77(82)95(86-68(58-34-18-12-19-35-58)50-61(89(4,5)6)51-69(86)59-36-20-13-21-37-59)78-55-81-84-87(83(78)92)96-79-44-28-24-40-71(79)91(84)72-41-25-29-45-80(72)97-81/h10-55H,1-9H3. The van der Waals surface area contributed by atoms with Crippen molar-refractivity contribution >= 4 is 114 Å². The highest BCUT2D eigenvalue weighted by atomic mass is 32.2. The second-order valence-corrected chi connectivity index (χ2v) is 31.0. The largest absolute Gasteiger partial charge is 0.459 e. The number of anilines is 6. The molecule has 7 heteroatoms. The molecule has 0 N–H and O–H groups in total. The van der Waals surface area contributed by atoms with Crippen LogP contribution in [0.5, 0.6) is 11.5 Å². The zero-order valence-electron chi connectivity index (χ0n) is 56.4. The van der Waals surface area contributed by atoms with E-state index in [1.165, 1.54) is 97.9 Å². The topological polar surface area (TPSA) is 20.6 Å². The van der Waals surface area contributed by atoms with Crippen molar-refractivity contribution in [2.24, 2.45) is 0 Å². The summed E-state index contributed by atoms with van der Waals surface area (Å²) in [7, 11) is 0. The average molecular weight is 1270 g/mol. The van der Waals surface area contributed by atoms with Crippen molar-refractivity contribution in [2.45, 2.75) is 88.3 Å². The second kappa shape index (κ2) is 22.0. The molecule has 13 aromatic carbocycles. The minimum atomic E-state index is -0.333. The van der Waals surface area contributed by atoms with E-state index in [4.69, 9.17) is 4.74 Å². The molecule has 0 spiro atoms. The van der Waals surface area contributed by atoms with Crippen molar-refractivity contribution in [1.82, 2.24) is 4.57 Å². The molecule has 0 fully saturated rings. The summed E-state index contributed by atoms with van der Waals surface area (Å²) in [5.41, 5.74) is 29.9. The monoisotopic (exact) mass is 1270 g/mol. The van der Waals surface area contributed by atoms with Crippen LogP contribution in [0.25, 0.3) is 72.0 Å². The van der Waals surface area contributed by atoms with Gasteiger partial charge in [0.1, 0.15) is 11.5 Å². The molecule has 0 unspecified atom stereocenters. The predicted octanol–water partition coefficient (Wildman–Crippen LogP) is 20.5. The van der Waals surface area contributed by atoms with Crippen LogP contribution >= 0.6 is 11.8 Å². The van der Waals surface area contributed by atoms with Crippen LogP contribution in [0.3, 0.4) is 0 Å². The van der Waals surface area contributed by atoms with Gasteiger partial charge in [-0.3, -0.25) is 0 Å². The Hall–Kier alpha value is -10.5. The van der Waals surface area contributed by atoms with Crippen LogP contribution in [0, 0.1) is 0 Å². The molecule has 466 valence electrons. The lowest BCUT2D eigenvalue weighted by molar-refractivity contribution is 0.490. The van der Waals surface area contributed by atoms with E-state index in [1.807, 2.05) is 11.8 Å². The first kappa shape index (κ1) is 59.1. The molecule has 5 heterocycles. The minimum absolute atomic E-state index is 0.0680. The molecule has 0 saturated heterocycles. The van der Waals surface area contributed by atoms with Crippen molar-refractivity contribution < 1.29 is 4.74 Å². The number of fused-ring (bicyclic) bond motifs is 12. The summed E-state index contributed by atoms with van der Waals surface area (Å²) in [6.45, 7) is 20.9. The number of rotatable bonds is 7. The van der Waals surface area contributed by atoms with Gasteiger partial charge < -0.3 is 19.1 Å². The smallest absolute Gasteiger partial charge is 0.256 e. The normalized spacial score (nSPS) is 13.6. The van der Waals surface area contributed by atoms with Crippen molar-refractivity contribution in [3.8, 4) is 61.7 Å². The lowest BCUT2D eigenvalue weighted by Gasteiger charge is -2.48. The molecule has 4 nitrogen and oxygen atoms in total. The molecule has 0 saturated carbocycles. The molecular weight excluding hydrogens is 1190 g/mol. The van der Waals surface area contributed by atoms with Crippen molar-refractivity contribution in [3.05, 3.63) is 296 Å². The molecule has 0 aliphatic carbocycles. The average Bonchev–Trinajstić information content (AvgIpc) is 0.962. The van der Waals surface area contributed by atoms with Crippen LogP contribution < -0.4 is 47.3 Å². The Kier molecular flexibility index (Phi) is 13.4. The Morgan fingerprint density at radius 3 is 1.23 bits per heavy atom. The molecule has 14 aromatic rings. The number of hydrogen-bond donors (Lipinski definition) is 0. The van der Waals surface area contributed by atoms with Crippen LogP contribution in [-0.4, -0.2) is 18.0 Å². The Labute approximate surface area is 575 Å². The molecule has 0 radical (unpaired) electrons. The van der Waals surface area contributed by atoms with Gasteiger partial charge in [-0.1, -0.05) is 280 Å². The number of hydrogen-bond acceptors (Lipinski definition) is 4. The van der Waals surface area contributed by atoms with Crippen LogP contribution in [0.4, 0.5) is 34.1 Å². The van der Waals surface area contributed by atoms with Crippen LogP contribution in [0.15, 0.2) is 289 Å². The molecule has 4 aliphatic rings. The fourth-order valence-corrected chi connectivity index (χ4v) is 17.3. The number of benzene rings is 13. The molecule has 0 bridgehead atoms. The maximum atomic E-state index is 7.95. The molecule has 0 atom stereocenters. The summed E-state index contributed by atoms with van der Waals surface area (Å²) in [5.74, 6) is 1.83. The summed E-state index contributed by atoms with van der Waals surface area (Å²) >= 11 is 1.89. The molecular formula is C90H73B2N3OS. The summed E-state index contributed by atoms with van der Waals surface area (Å²) in [4.78, 5) is 7.93. The Morgan fingerprint density at radius 1 is 0.320 bits per heavy atom. The highest BCUT2D eigenvalue weighted by molar-refractivity contribution is 8.00. The first-order valence-electron chi connectivity index (χ1n) is 34.3. The van der Waals surface area contributed by atoms with E-state index in [9.17, 15) is 0 Å². The van der Waals surface area contributed by atoms with E-state index in [2.05, 4.69) is 356 Å². The number of para-hydroxylation sites is 3. The van der Waals surface area contributed by atoms with Gasteiger partial charge in [-0.05, 0) is 161 Å². The third-order valence-corrected chi connectivity index (χ3v) is 22.1. The molecule has 4 aliphatic heterocycles. The highest BCUT2D eigenvalue weighted by Gasteiger charge is 2.51. The molecule has 0 amide bonds. The second-order valence-electron chi connectivity index (χ2n) is 30.0. The summed E-state index contributed by atoms with van der Waals surface area (Å²) in [6.07, 6.45) is 0. The van der Waals surface area contributed by atoms with Crippen LogP contribution in [0.2, 0.25) is 0 Å². The van der Waals surface area contributed by atoms with Crippen LogP contribution in [0.1, 0.15) is 79.0 Å². The van der Waals surface area contributed by atoms with Gasteiger partial charge >= 0.3 is 0 Å². The zero-order chi connectivity index (χ0) is 65.8. The Bertz CT molecular complexity index is 5360. The maximum absolute atomic E-state index is 7.95. The summed E-state index contributed by atoms with van der Waals surface area (Å²) < 4.78 is 10.5. The van der Waals surface area contributed by atoms with Gasteiger partial charge in [0.15, 0.2) is 0 Å². The van der Waals surface area contributed by atoms with Gasteiger partial charge in [-0.15, -0.1) is 0 Å². The molecule has 18 rings (SSSR count).